The van der Waals surface area contributed by atoms with Crippen LogP contribution in [0.4, 0.5) is 0 Å². The molecule has 43 heavy (non-hydrogen) atoms. The quantitative estimate of drug-likeness (QED) is 0.203. The molecule has 0 fully saturated rings. The van der Waals surface area contributed by atoms with Crippen molar-refractivity contribution in [2.24, 2.45) is 0 Å². The summed E-state index contributed by atoms with van der Waals surface area (Å²) >= 11 is 0. The average molecular weight is 545 g/mol. The van der Waals surface area contributed by atoms with Gasteiger partial charge in [0.1, 0.15) is 0 Å². The molecule has 0 radical (unpaired) electrons. The van der Waals surface area contributed by atoms with Crippen molar-refractivity contribution < 1.29 is 0 Å². The van der Waals surface area contributed by atoms with Crippen LogP contribution in [0, 0.1) is 11.3 Å². The third kappa shape index (κ3) is 3.46. The number of rotatable bonds is 3. The van der Waals surface area contributed by atoms with Gasteiger partial charge in [-0.05, 0) is 91.0 Å². The van der Waals surface area contributed by atoms with E-state index in [1.807, 2.05) is 18.2 Å². The maximum absolute atomic E-state index is 9.84. The number of nitrogens with zero attached hydrogens (tertiary/aromatic N) is 2. The summed E-state index contributed by atoms with van der Waals surface area (Å²) in [5, 5.41) is 19.6. The van der Waals surface area contributed by atoms with Gasteiger partial charge in [-0.3, -0.25) is 0 Å². The van der Waals surface area contributed by atoms with E-state index < -0.39 is 0 Å². The van der Waals surface area contributed by atoms with Crippen LogP contribution in [0.25, 0.3) is 82.1 Å². The van der Waals surface area contributed by atoms with E-state index in [0.29, 0.717) is 5.56 Å². The molecule has 198 valence electrons. The van der Waals surface area contributed by atoms with Crippen molar-refractivity contribution in [1.29, 1.82) is 5.26 Å². The second-order valence-corrected chi connectivity index (χ2v) is 11.3. The van der Waals surface area contributed by atoms with Gasteiger partial charge in [-0.1, -0.05) is 109 Å². The fraction of sp³-hybridized carbons (Fsp3) is 0. The highest BCUT2D eigenvalue weighted by atomic mass is 15.0. The summed E-state index contributed by atoms with van der Waals surface area (Å²) in [7, 11) is 0. The van der Waals surface area contributed by atoms with Gasteiger partial charge in [0.15, 0.2) is 0 Å². The minimum atomic E-state index is 0.672. The predicted octanol–water partition coefficient (Wildman–Crippen LogP) is 10.9. The van der Waals surface area contributed by atoms with E-state index in [0.717, 1.165) is 22.1 Å². The number of benzene rings is 8. The molecule has 1 heterocycles. The summed E-state index contributed by atoms with van der Waals surface area (Å²) in [6, 6.07) is 54.4. The Bertz CT molecular complexity index is 2560. The Morgan fingerprint density at radius 3 is 1.84 bits per heavy atom. The zero-order chi connectivity index (χ0) is 28.5. The third-order valence-corrected chi connectivity index (χ3v) is 8.93. The van der Waals surface area contributed by atoms with Gasteiger partial charge >= 0.3 is 0 Å². The number of aromatic nitrogens is 1. The van der Waals surface area contributed by atoms with Crippen LogP contribution in [0.5, 0.6) is 0 Å². The first-order valence-electron chi connectivity index (χ1n) is 14.6. The second-order valence-electron chi connectivity index (χ2n) is 11.3. The minimum absolute atomic E-state index is 0.672. The highest BCUT2D eigenvalue weighted by Gasteiger charge is 2.20. The van der Waals surface area contributed by atoms with Crippen molar-refractivity contribution in [2.45, 2.75) is 0 Å². The topological polar surface area (TPSA) is 28.7 Å². The molecule has 2 nitrogen and oxygen atoms in total. The van der Waals surface area contributed by atoms with Crippen molar-refractivity contribution in [3.8, 4) is 34.0 Å². The van der Waals surface area contributed by atoms with E-state index in [2.05, 4.69) is 138 Å². The molecule has 0 bridgehead atoms. The van der Waals surface area contributed by atoms with Gasteiger partial charge in [0.05, 0.1) is 22.7 Å². The lowest BCUT2D eigenvalue weighted by atomic mass is 9.89. The van der Waals surface area contributed by atoms with Crippen LogP contribution in [-0.4, -0.2) is 4.57 Å². The first-order valence-corrected chi connectivity index (χ1v) is 14.6. The van der Waals surface area contributed by atoms with E-state index in [9.17, 15) is 5.26 Å². The monoisotopic (exact) mass is 544 g/mol. The number of hydrogen-bond acceptors (Lipinski definition) is 1. The summed E-state index contributed by atoms with van der Waals surface area (Å²) in [5.41, 5.74) is 8.85. The summed E-state index contributed by atoms with van der Waals surface area (Å²) in [6.45, 7) is 0. The van der Waals surface area contributed by atoms with E-state index in [1.165, 1.54) is 60.0 Å². The van der Waals surface area contributed by atoms with Crippen LogP contribution >= 0.6 is 0 Å². The maximum Gasteiger partial charge on any atom is 0.0992 e. The molecule has 0 spiro atoms. The van der Waals surface area contributed by atoms with Crippen molar-refractivity contribution in [1.82, 2.24) is 4.57 Å². The lowest BCUT2D eigenvalue weighted by molar-refractivity contribution is 1.18. The van der Waals surface area contributed by atoms with Gasteiger partial charge in [-0.15, -0.1) is 0 Å². The summed E-state index contributed by atoms with van der Waals surface area (Å²) in [6.07, 6.45) is 0. The van der Waals surface area contributed by atoms with Crippen molar-refractivity contribution in [2.75, 3.05) is 0 Å². The molecular weight excluding hydrogens is 520 g/mol. The predicted molar refractivity (Wildman–Crippen MR) is 180 cm³/mol. The normalized spacial score (nSPS) is 11.7. The van der Waals surface area contributed by atoms with E-state index in [-0.39, 0.29) is 0 Å². The van der Waals surface area contributed by atoms with Gasteiger partial charge in [-0.25, -0.2) is 0 Å². The highest BCUT2D eigenvalue weighted by Crippen LogP contribution is 2.44. The van der Waals surface area contributed by atoms with E-state index in [1.54, 1.807) is 0 Å². The fourth-order valence-electron chi connectivity index (χ4n) is 7.09. The van der Waals surface area contributed by atoms with Gasteiger partial charge in [0.25, 0.3) is 0 Å². The van der Waals surface area contributed by atoms with Crippen LogP contribution in [-0.2, 0) is 0 Å². The second kappa shape index (κ2) is 9.05. The molecule has 0 aliphatic heterocycles. The van der Waals surface area contributed by atoms with Crippen molar-refractivity contribution >= 4 is 54.1 Å². The maximum atomic E-state index is 9.84. The Morgan fingerprint density at radius 1 is 0.442 bits per heavy atom. The van der Waals surface area contributed by atoms with E-state index in [4.69, 9.17) is 0 Å². The smallest absolute Gasteiger partial charge is 0.0992 e. The van der Waals surface area contributed by atoms with Crippen LogP contribution in [0.1, 0.15) is 5.56 Å². The zero-order valence-corrected chi connectivity index (χ0v) is 23.3. The Balaban J connectivity index is 1.36. The lowest BCUT2D eigenvalue weighted by Crippen LogP contribution is -1.94. The SMILES string of the molecule is N#Cc1cc2ccc3cc(-c4ccc(-c5cccc6ccccc56)c5ccccc45)cc4c3c2c(c1)n4-c1ccccc1. The molecule has 0 saturated heterocycles. The molecule has 0 unspecified atom stereocenters. The zero-order valence-electron chi connectivity index (χ0n) is 23.3. The van der Waals surface area contributed by atoms with Crippen LogP contribution in [0.15, 0.2) is 146 Å². The molecule has 9 aromatic rings. The fourth-order valence-corrected chi connectivity index (χ4v) is 7.09. The van der Waals surface area contributed by atoms with Crippen molar-refractivity contribution in [3.63, 3.8) is 0 Å². The average Bonchev–Trinajstić information content (AvgIpc) is 3.41. The van der Waals surface area contributed by atoms with Crippen LogP contribution in [0.3, 0.4) is 0 Å². The number of fused-ring (bicyclic) bond motifs is 2. The third-order valence-electron chi connectivity index (χ3n) is 8.93. The lowest BCUT2D eigenvalue weighted by Gasteiger charge is -2.15. The molecule has 0 aliphatic carbocycles. The number of hydrogen-bond donors (Lipinski definition) is 0. The molecule has 8 aromatic carbocycles. The summed E-state index contributed by atoms with van der Waals surface area (Å²) in [4.78, 5) is 0. The number of para-hydroxylation sites is 1. The Morgan fingerprint density at radius 2 is 1.05 bits per heavy atom. The van der Waals surface area contributed by atoms with Gasteiger partial charge < -0.3 is 4.57 Å². The van der Waals surface area contributed by atoms with Gasteiger partial charge in [0, 0.05) is 16.5 Å². The standard InChI is InChI=1S/C41H24N2/c42-25-26-21-28-17-18-29-23-30(24-39-41(29)40(28)38(22-26)43(39)31-11-2-1-3-12-31)33-19-20-37(36-15-7-6-14-34(33)36)35-16-8-10-27-9-4-5-13-32(27)35/h1-24H. The van der Waals surface area contributed by atoms with Gasteiger partial charge in [-0.2, -0.15) is 5.26 Å². The molecule has 0 N–H and O–H groups in total. The highest BCUT2D eigenvalue weighted by molar-refractivity contribution is 6.25. The van der Waals surface area contributed by atoms with Crippen LogP contribution in [0.2, 0.25) is 0 Å². The van der Waals surface area contributed by atoms with Gasteiger partial charge in [0.2, 0.25) is 0 Å². The largest absolute Gasteiger partial charge is 0.309 e. The molecule has 2 heteroatoms. The molecule has 0 amide bonds. The molecule has 0 saturated carbocycles. The molecule has 0 atom stereocenters. The summed E-state index contributed by atoms with van der Waals surface area (Å²) < 4.78 is 2.32. The summed E-state index contributed by atoms with van der Waals surface area (Å²) in [5.74, 6) is 0. The molecular formula is C41H24N2. The first-order chi connectivity index (χ1) is 21.3. The Kier molecular flexibility index (Phi) is 5.00. The van der Waals surface area contributed by atoms with E-state index >= 15 is 0 Å². The minimum Gasteiger partial charge on any atom is -0.309 e. The molecule has 1 aromatic heterocycles. The molecule has 0 aliphatic rings. The first kappa shape index (κ1) is 23.8. The van der Waals surface area contributed by atoms with Crippen molar-refractivity contribution in [3.05, 3.63) is 151 Å². The Hall–Kier alpha value is -5.91. The number of nitriles is 1. The van der Waals surface area contributed by atoms with Crippen LogP contribution < -0.4 is 0 Å². The Labute approximate surface area is 248 Å². The molecule has 9 rings (SSSR count).